The normalized spacial score (nSPS) is 19.8. The number of carbonyl (C=O) groups is 1. The van der Waals surface area contributed by atoms with Gasteiger partial charge in [-0.3, -0.25) is 4.79 Å². The van der Waals surface area contributed by atoms with Crippen molar-refractivity contribution in [1.82, 2.24) is 0 Å². The van der Waals surface area contributed by atoms with Gasteiger partial charge in [-0.15, -0.1) is 0 Å². The van der Waals surface area contributed by atoms with Crippen molar-refractivity contribution < 1.29 is 26.7 Å². The molecule has 1 aliphatic heterocycles. The maximum Gasteiger partial charge on any atom is 0.228 e. The van der Waals surface area contributed by atoms with Gasteiger partial charge in [-0.2, -0.15) is 0 Å². The molecule has 1 fully saturated rings. The minimum Gasteiger partial charge on any atom is -0.326 e. The van der Waals surface area contributed by atoms with Gasteiger partial charge in [-0.05, 0) is 0 Å². The molecule has 0 radical (unpaired) electrons. The van der Waals surface area contributed by atoms with E-state index in [1.165, 1.54) is 0 Å². The summed E-state index contributed by atoms with van der Waals surface area (Å²) in [7, 11) is 0. The lowest BCUT2D eigenvalue weighted by Gasteiger charge is -2.18. The molecule has 2 N–H and O–H groups in total. The number of hydrogen-bond donors (Lipinski definition) is 1. The fraction of sp³-hybridized carbons (Fsp3) is 0.300. The van der Waals surface area contributed by atoms with E-state index in [0.29, 0.717) is 4.90 Å². The van der Waals surface area contributed by atoms with Crippen molar-refractivity contribution in [3.8, 4) is 0 Å². The molecular formula is C10H7F5N2O. The summed E-state index contributed by atoms with van der Waals surface area (Å²) in [6, 6.07) is -0.701. The smallest absolute Gasteiger partial charge is 0.228 e. The van der Waals surface area contributed by atoms with Gasteiger partial charge in [0.25, 0.3) is 0 Å². The van der Waals surface area contributed by atoms with E-state index < -0.39 is 46.7 Å². The summed E-state index contributed by atoms with van der Waals surface area (Å²) in [6.45, 7) is -0.294. The molecule has 1 aromatic carbocycles. The van der Waals surface area contributed by atoms with Gasteiger partial charge in [0.2, 0.25) is 11.7 Å². The number of carbonyl (C=O) groups excluding carboxylic acids is 1. The molecule has 98 valence electrons. The maximum atomic E-state index is 13.4. The number of anilines is 1. The molecule has 0 aliphatic carbocycles. The van der Waals surface area contributed by atoms with Crippen molar-refractivity contribution in [1.29, 1.82) is 0 Å². The Kier molecular flexibility index (Phi) is 2.97. The van der Waals surface area contributed by atoms with Crippen LogP contribution in [0.15, 0.2) is 0 Å². The second kappa shape index (κ2) is 4.20. The van der Waals surface area contributed by atoms with Crippen LogP contribution in [-0.2, 0) is 4.79 Å². The van der Waals surface area contributed by atoms with Crippen molar-refractivity contribution in [3.63, 3.8) is 0 Å². The van der Waals surface area contributed by atoms with Crippen molar-refractivity contribution in [2.75, 3.05) is 11.4 Å². The standard InChI is InChI=1S/C10H7F5N2O/c11-5-6(12)8(14)10(9(15)7(5)13)17-2-3(16)1-4(17)18/h3H,1-2,16H2. The molecule has 0 saturated carbocycles. The number of benzene rings is 1. The zero-order valence-electron chi connectivity index (χ0n) is 8.81. The molecule has 1 atom stereocenters. The van der Waals surface area contributed by atoms with Gasteiger partial charge in [0.15, 0.2) is 23.3 Å². The fourth-order valence-corrected chi connectivity index (χ4v) is 1.78. The summed E-state index contributed by atoms with van der Waals surface area (Å²) in [4.78, 5) is 11.8. The van der Waals surface area contributed by atoms with Gasteiger partial charge < -0.3 is 10.6 Å². The molecular weight excluding hydrogens is 259 g/mol. The third-order valence-corrected chi connectivity index (χ3v) is 2.61. The van der Waals surface area contributed by atoms with Gasteiger partial charge in [-0.1, -0.05) is 0 Å². The second-order valence-corrected chi connectivity index (χ2v) is 3.89. The van der Waals surface area contributed by atoms with Crippen molar-refractivity contribution in [3.05, 3.63) is 29.1 Å². The molecule has 0 aromatic heterocycles. The van der Waals surface area contributed by atoms with Crippen LogP contribution in [0.3, 0.4) is 0 Å². The van der Waals surface area contributed by atoms with E-state index in [1.807, 2.05) is 0 Å². The number of amides is 1. The van der Waals surface area contributed by atoms with E-state index in [4.69, 9.17) is 5.73 Å². The summed E-state index contributed by atoms with van der Waals surface area (Å²) >= 11 is 0. The van der Waals surface area contributed by atoms with Crippen LogP contribution in [0.4, 0.5) is 27.6 Å². The number of nitrogens with zero attached hydrogens (tertiary/aromatic N) is 1. The fourth-order valence-electron chi connectivity index (χ4n) is 1.78. The van der Waals surface area contributed by atoms with Crippen LogP contribution in [0.5, 0.6) is 0 Å². The van der Waals surface area contributed by atoms with Crippen LogP contribution in [0.1, 0.15) is 6.42 Å². The van der Waals surface area contributed by atoms with Gasteiger partial charge in [0.05, 0.1) is 0 Å². The molecule has 2 rings (SSSR count). The van der Waals surface area contributed by atoms with Crippen LogP contribution in [0, 0.1) is 29.1 Å². The van der Waals surface area contributed by atoms with E-state index in [0.717, 1.165) is 0 Å². The third-order valence-electron chi connectivity index (χ3n) is 2.61. The molecule has 8 heteroatoms. The van der Waals surface area contributed by atoms with Crippen molar-refractivity contribution in [2.45, 2.75) is 12.5 Å². The average molecular weight is 266 g/mol. The number of rotatable bonds is 1. The molecule has 1 saturated heterocycles. The highest BCUT2D eigenvalue weighted by molar-refractivity contribution is 5.96. The van der Waals surface area contributed by atoms with Crippen molar-refractivity contribution in [2.24, 2.45) is 5.73 Å². The summed E-state index contributed by atoms with van der Waals surface area (Å²) in [5, 5.41) is 0. The van der Waals surface area contributed by atoms with Gasteiger partial charge in [-0.25, -0.2) is 22.0 Å². The predicted molar refractivity (Wildman–Crippen MR) is 51.2 cm³/mol. The Bertz CT molecular complexity index is 504. The predicted octanol–water partition coefficient (Wildman–Crippen LogP) is 1.45. The lowest BCUT2D eigenvalue weighted by molar-refractivity contribution is -0.117. The molecule has 1 aliphatic rings. The monoisotopic (exact) mass is 266 g/mol. The van der Waals surface area contributed by atoms with E-state index in [9.17, 15) is 26.7 Å². The topological polar surface area (TPSA) is 46.3 Å². The Morgan fingerprint density at radius 1 is 0.944 bits per heavy atom. The lowest BCUT2D eigenvalue weighted by atomic mass is 10.2. The SMILES string of the molecule is NC1CC(=O)N(c2c(F)c(F)c(F)c(F)c2F)C1. The van der Waals surface area contributed by atoms with Crippen LogP contribution in [0.2, 0.25) is 0 Å². The Morgan fingerprint density at radius 3 is 1.78 bits per heavy atom. The quantitative estimate of drug-likeness (QED) is 0.475. The van der Waals surface area contributed by atoms with Crippen molar-refractivity contribution >= 4 is 11.6 Å². The minimum atomic E-state index is -2.26. The lowest BCUT2D eigenvalue weighted by Crippen LogP contribution is -2.30. The zero-order chi connectivity index (χ0) is 13.6. The van der Waals surface area contributed by atoms with Crippen LogP contribution in [-0.4, -0.2) is 18.5 Å². The molecule has 3 nitrogen and oxygen atoms in total. The first-order valence-corrected chi connectivity index (χ1v) is 4.92. The second-order valence-electron chi connectivity index (χ2n) is 3.89. The minimum absolute atomic E-state index is 0.209. The first kappa shape index (κ1) is 12.7. The first-order valence-electron chi connectivity index (χ1n) is 4.92. The Morgan fingerprint density at radius 2 is 1.39 bits per heavy atom. The number of hydrogen-bond acceptors (Lipinski definition) is 2. The number of halogens is 5. The Labute approximate surface area is 98.0 Å². The van der Waals surface area contributed by atoms with E-state index in [2.05, 4.69) is 0 Å². The molecule has 1 heterocycles. The highest BCUT2D eigenvalue weighted by Gasteiger charge is 2.36. The van der Waals surface area contributed by atoms with Crippen LogP contribution >= 0.6 is 0 Å². The molecule has 18 heavy (non-hydrogen) atoms. The van der Waals surface area contributed by atoms with E-state index >= 15 is 0 Å². The molecule has 0 spiro atoms. The third kappa shape index (κ3) is 1.72. The average Bonchev–Trinajstić information content (AvgIpc) is 2.64. The maximum absolute atomic E-state index is 13.4. The number of nitrogens with two attached hydrogens (primary N) is 1. The van der Waals surface area contributed by atoms with Crippen LogP contribution in [0.25, 0.3) is 0 Å². The van der Waals surface area contributed by atoms with E-state index in [1.54, 1.807) is 0 Å². The highest BCUT2D eigenvalue weighted by atomic mass is 19.2. The van der Waals surface area contributed by atoms with Gasteiger partial charge in [0, 0.05) is 19.0 Å². The van der Waals surface area contributed by atoms with Gasteiger partial charge in [0.1, 0.15) is 5.69 Å². The Balaban J connectivity index is 2.62. The van der Waals surface area contributed by atoms with E-state index in [-0.39, 0.29) is 13.0 Å². The van der Waals surface area contributed by atoms with Gasteiger partial charge >= 0.3 is 0 Å². The Hall–Kier alpha value is -1.70. The highest BCUT2D eigenvalue weighted by Crippen LogP contribution is 2.32. The summed E-state index contributed by atoms with van der Waals surface area (Å²) in [5.74, 6) is -11.3. The largest absolute Gasteiger partial charge is 0.326 e. The van der Waals surface area contributed by atoms with Crippen LogP contribution < -0.4 is 10.6 Å². The molecule has 1 aromatic rings. The summed E-state index contributed by atoms with van der Waals surface area (Å²) in [5.41, 5.74) is 4.14. The molecule has 1 amide bonds. The summed E-state index contributed by atoms with van der Waals surface area (Å²) in [6.07, 6.45) is -0.209. The summed E-state index contributed by atoms with van der Waals surface area (Å²) < 4.78 is 65.5. The first-order chi connectivity index (χ1) is 8.34. The zero-order valence-corrected chi connectivity index (χ0v) is 8.81. The molecule has 1 unspecified atom stereocenters. The molecule has 0 bridgehead atoms.